The fourth-order valence-electron chi connectivity index (χ4n) is 3.31. The molecule has 1 aromatic carbocycles. The zero-order valence-electron chi connectivity index (χ0n) is 13.8. The first kappa shape index (κ1) is 15.4. The summed E-state index contributed by atoms with van der Waals surface area (Å²) in [6, 6.07) is 6.45. The Balaban J connectivity index is 1.31. The SMILES string of the molecule is Cn1cc(CCNCC2CNNC2c2ccc3c(c2)OCO3)cn1. The van der Waals surface area contributed by atoms with E-state index >= 15 is 0 Å². The van der Waals surface area contributed by atoms with Crippen LogP contribution in [0.3, 0.4) is 0 Å². The van der Waals surface area contributed by atoms with Crippen LogP contribution in [-0.4, -0.2) is 36.2 Å². The van der Waals surface area contributed by atoms with Gasteiger partial charge in [0.05, 0.1) is 12.2 Å². The summed E-state index contributed by atoms with van der Waals surface area (Å²) in [7, 11) is 1.95. The van der Waals surface area contributed by atoms with Crippen molar-refractivity contribution >= 4 is 0 Å². The van der Waals surface area contributed by atoms with Crippen LogP contribution in [0.4, 0.5) is 0 Å². The van der Waals surface area contributed by atoms with Gasteiger partial charge in [-0.25, -0.2) is 5.43 Å². The van der Waals surface area contributed by atoms with Gasteiger partial charge < -0.3 is 14.8 Å². The van der Waals surface area contributed by atoms with Crippen LogP contribution < -0.4 is 25.6 Å². The lowest BCUT2D eigenvalue weighted by Gasteiger charge is -2.19. The average molecular weight is 329 g/mol. The topological polar surface area (TPSA) is 72.4 Å². The van der Waals surface area contributed by atoms with Crippen LogP contribution in [0.2, 0.25) is 0 Å². The minimum atomic E-state index is 0.269. The number of fused-ring (bicyclic) bond motifs is 1. The number of rotatable bonds is 6. The van der Waals surface area contributed by atoms with Crippen molar-refractivity contribution in [3.05, 3.63) is 41.7 Å². The summed E-state index contributed by atoms with van der Waals surface area (Å²) in [5.41, 5.74) is 9.14. The van der Waals surface area contributed by atoms with E-state index in [0.29, 0.717) is 12.7 Å². The van der Waals surface area contributed by atoms with Crippen molar-refractivity contribution in [3.63, 3.8) is 0 Å². The van der Waals surface area contributed by atoms with Crippen molar-refractivity contribution in [3.8, 4) is 11.5 Å². The first-order chi connectivity index (χ1) is 11.8. The fraction of sp³-hybridized carbons (Fsp3) is 0.471. The number of hydrogen-bond acceptors (Lipinski definition) is 6. The minimum Gasteiger partial charge on any atom is -0.454 e. The zero-order chi connectivity index (χ0) is 16.4. The maximum atomic E-state index is 5.49. The lowest BCUT2D eigenvalue weighted by Crippen LogP contribution is -2.29. The highest BCUT2D eigenvalue weighted by Crippen LogP contribution is 2.36. The molecule has 7 nitrogen and oxygen atoms in total. The Kier molecular flexibility index (Phi) is 4.38. The summed E-state index contributed by atoms with van der Waals surface area (Å²) < 4.78 is 12.7. The summed E-state index contributed by atoms with van der Waals surface area (Å²) in [6.07, 6.45) is 4.99. The molecule has 2 aliphatic rings. The molecule has 0 amide bonds. The Morgan fingerprint density at radius 3 is 3.12 bits per heavy atom. The molecule has 0 aliphatic carbocycles. The number of aryl methyl sites for hydroxylation is 1. The molecule has 1 aromatic heterocycles. The monoisotopic (exact) mass is 329 g/mol. The van der Waals surface area contributed by atoms with Gasteiger partial charge in [0.25, 0.3) is 0 Å². The molecule has 0 bridgehead atoms. The molecule has 24 heavy (non-hydrogen) atoms. The number of hydrazine groups is 1. The van der Waals surface area contributed by atoms with E-state index < -0.39 is 0 Å². The van der Waals surface area contributed by atoms with Gasteiger partial charge in [-0.3, -0.25) is 10.1 Å². The van der Waals surface area contributed by atoms with Gasteiger partial charge in [0.15, 0.2) is 11.5 Å². The molecule has 2 aromatic rings. The summed E-state index contributed by atoms with van der Waals surface area (Å²) in [5, 5.41) is 7.76. The standard InChI is InChI=1S/C17H23N5O2/c1-22-10-12(7-20-22)4-5-18-8-14-9-19-21-17(14)13-2-3-15-16(6-13)24-11-23-15/h2-3,6-7,10,14,17-19,21H,4-5,8-9,11H2,1H3. The smallest absolute Gasteiger partial charge is 0.231 e. The Hall–Kier alpha value is -2.09. The molecule has 4 rings (SSSR count). The summed E-state index contributed by atoms with van der Waals surface area (Å²) >= 11 is 0. The molecular weight excluding hydrogens is 306 g/mol. The second kappa shape index (κ2) is 6.80. The van der Waals surface area contributed by atoms with Crippen LogP contribution in [0.25, 0.3) is 0 Å². The molecule has 1 saturated heterocycles. The van der Waals surface area contributed by atoms with Crippen molar-refractivity contribution in [2.24, 2.45) is 13.0 Å². The first-order valence-corrected chi connectivity index (χ1v) is 8.36. The first-order valence-electron chi connectivity index (χ1n) is 8.36. The third-order valence-corrected chi connectivity index (χ3v) is 4.60. The Morgan fingerprint density at radius 1 is 1.33 bits per heavy atom. The third kappa shape index (κ3) is 3.24. The molecule has 128 valence electrons. The molecule has 3 heterocycles. The number of nitrogens with zero attached hydrogens (tertiary/aromatic N) is 2. The second-order valence-electron chi connectivity index (χ2n) is 6.35. The molecule has 3 N–H and O–H groups in total. The average Bonchev–Trinajstić information content (AvgIpc) is 3.31. The highest BCUT2D eigenvalue weighted by molar-refractivity contribution is 5.45. The Morgan fingerprint density at radius 2 is 2.25 bits per heavy atom. The van der Waals surface area contributed by atoms with Gasteiger partial charge in [-0.2, -0.15) is 5.10 Å². The Labute approximate surface area is 141 Å². The van der Waals surface area contributed by atoms with Gasteiger partial charge in [0, 0.05) is 32.3 Å². The predicted molar refractivity (Wildman–Crippen MR) is 89.7 cm³/mol. The number of hydrogen-bond donors (Lipinski definition) is 3. The number of ether oxygens (including phenoxy) is 2. The van der Waals surface area contributed by atoms with E-state index in [1.807, 2.05) is 24.0 Å². The van der Waals surface area contributed by atoms with Crippen molar-refractivity contribution < 1.29 is 9.47 Å². The number of aromatic nitrogens is 2. The predicted octanol–water partition coefficient (Wildman–Crippen LogP) is 0.746. The summed E-state index contributed by atoms with van der Waals surface area (Å²) in [6.45, 7) is 3.17. The van der Waals surface area contributed by atoms with Gasteiger partial charge in [0.2, 0.25) is 6.79 Å². The van der Waals surface area contributed by atoms with Gasteiger partial charge in [-0.05, 0) is 36.2 Å². The Bertz CT molecular complexity index is 702. The maximum Gasteiger partial charge on any atom is 0.231 e. The van der Waals surface area contributed by atoms with Crippen molar-refractivity contribution in [2.75, 3.05) is 26.4 Å². The van der Waals surface area contributed by atoms with E-state index in [0.717, 1.165) is 37.6 Å². The molecule has 0 spiro atoms. The van der Waals surface area contributed by atoms with E-state index in [1.165, 1.54) is 11.1 Å². The van der Waals surface area contributed by atoms with E-state index in [1.54, 1.807) is 0 Å². The van der Waals surface area contributed by atoms with Crippen LogP contribution in [-0.2, 0) is 13.5 Å². The van der Waals surface area contributed by atoms with Crippen LogP contribution >= 0.6 is 0 Å². The molecule has 0 saturated carbocycles. The van der Waals surface area contributed by atoms with E-state index in [2.05, 4.69) is 39.6 Å². The highest BCUT2D eigenvalue weighted by atomic mass is 16.7. The molecule has 0 radical (unpaired) electrons. The molecule has 7 heteroatoms. The lowest BCUT2D eigenvalue weighted by molar-refractivity contribution is 0.174. The number of nitrogens with one attached hydrogen (secondary N) is 3. The minimum absolute atomic E-state index is 0.269. The fourth-order valence-corrected chi connectivity index (χ4v) is 3.31. The van der Waals surface area contributed by atoms with Gasteiger partial charge in [0.1, 0.15) is 0 Å². The molecule has 2 atom stereocenters. The quantitative estimate of drug-likeness (QED) is 0.679. The van der Waals surface area contributed by atoms with Crippen molar-refractivity contribution in [1.29, 1.82) is 0 Å². The highest BCUT2D eigenvalue weighted by Gasteiger charge is 2.29. The van der Waals surface area contributed by atoms with Crippen molar-refractivity contribution in [2.45, 2.75) is 12.5 Å². The second-order valence-corrected chi connectivity index (χ2v) is 6.35. The molecular formula is C17H23N5O2. The van der Waals surface area contributed by atoms with Gasteiger partial charge >= 0.3 is 0 Å². The van der Waals surface area contributed by atoms with Crippen LogP contribution in [0.1, 0.15) is 17.2 Å². The third-order valence-electron chi connectivity index (χ3n) is 4.60. The van der Waals surface area contributed by atoms with Crippen LogP contribution in [0.5, 0.6) is 11.5 Å². The van der Waals surface area contributed by atoms with Crippen LogP contribution in [0.15, 0.2) is 30.6 Å². The summed E-state index contributed by atoms with van der Waals surface area (Å²) in [5.74, 6) is 2.15. The molecule has 2 unspecified atom stereocenters. The zero-order valence-corrected chi connectivity index (χ0v) is 13.8. The largest absolute Gasteiger partial charge is 0.454 e. The van der Waals surface area contributed by atoms with Crippen LogP contribution in [0, 0.1) is 5.92 Å². The molecule has 1 fully saturated rings. The summed E-state index contributed by atoms with van der Waals surface area (Å²) in [4.78, 5) is 0. The van der Waals surface area contributed by atoms with Gasteiger partial charge in [-0.1, -0.05) is 6.07 Å². The molecule has 2 aliphatic heterocycles. The maximum absolute atomic E-state index is 5.49. The lowest BCUT2D eigenvalue weighted by atomic mass is 9.94. The van der Waals surface area contributed by atoms with E-state index in [9.17, 15) is 0 Å². The van der Waals surface area contributed by atoms with Crippen molar-refractivity contribution in [1.82, 2.24) is 25.9 Å². The van der Waals surface area contributed by atoms with E-state index in [-0.39, 0.29) is 6.04 Å². The normalized spacial score (nSPS) is 22.2. The number of benzene rings is 1. The van der Waals surface area contributed by atoms with E-state index in [4.69, 9.17) is 9.47 Å². The van der Waals surface area contributed by atoms with Gasteiger partial charge in [-0.15, -0.1) is 0 Å².